The molecule has 3 heterocycles. The molecule has 0 atom stereocenters. The van der Waals surface area contributed by atoms with Gasteiger partial charge in [0.2, 0.25) is 0 Å². The molecule has 1 fully saturated rings. The van der Waals surface area contributed by atoms with E-state index >= 15 is 0 Å². The van der Waals surface area contributed by atoms with Crippen LogP contribution in [0.15, 0.2) is 29.0 Å². The van der Waals surface area contributed by atoms with Crippen molar-refractivity contribution in [1.82, 2.24) is 9.97 Å². The normalized spacial score (nSPS) is 18.1. The molecule has 2 aromatic rings. The first-order chi connectivity index (χ1) is 9.72. The first kappa shape index (κ1) is 13.7. The van der Waals surface area contributed by atoms with Gasteiger partial charge >= 0.3 is 0 Å². The van der Waals surface area contributed by atoms with Crippen molar-refractivity contribution < 1.29 is 9.84 Å². The molecule has 0 unspecified atom stereocenters. The van der Waals surface area contributed by atoms with Crippen LogP contribution in [0.4, 0.5) is 5.69 Å². The summed E-state index contributed by atoms with van der Waals surface area (Å²) in [5, 5.41) is 13.2. The molecule has 3 rings (SSSR count). The molecule has 0 amide bonds. The Morgan fingerprint density at radius 3 is 2.90 bits per heavy atom. The fraction of sp³-hybridized carbons (Fsp3) is 0.429. The average Bonchev–Trinajstić information content (AvgIpc) is 2.48. The van der Waals surface area contributed by atoms with Gasteiger partial charge in [0.25, 0.3) is 0 Å². The number of aromatic nitrogens is 2. The number of anilines is 1. The van der Waals surface area contributed by atoms with Crippen molar-refractivity contribution in [2.75, 3.05) is 25.1 Å². The molecular formula is C14H16BrN3O2. The Hall–Kier alpha value is -1.24. The van der Waals surface area contributed by atoms with E-state index in [0.29, 0.717) is 13.2 Å². The Bertz CT molecular complexity index is 614. The summed E-state index contributed by atoms with van der Waals surface area (Å²) in [5.74, 6) is 0. The minimum Gasteiger partial charge on any atom is -0.394 e. The van der Waals surface area contributed by atoms with Gasteiger partial charge in [0.15, 0.2) is 0 Å². The van der Waals surface area contributed by atoms with Crippen molar-refractivity contribution in [2.24, 2.45) is 0 Å². The van der Waals surface area contributed by atoms with E-state index < -0.39 is 0 Å². The molecule has 1 aliphatic heterocycles. The highest BCUT2D eigenvalue weighted by Crippen LogP contribution is 2.29. The zero-order valence-electron chi connectivity index (χ0n) is 11.0. The van der Waals surface area contributed by atoms with Gasteiger partial charge in [0.1, 0.15) is 5.52 Å². The molecule has 2 N–H and O–H groups in total. The zero-order valence-corrected chi connectivity index (χ0v) is 12.6. The van der Waals surface area contributed by atoms with E-state index in [1.807, 2.05) is 12.1 Å². The van der Waals surface area contributed by atoms with Gasteiger partial charge in [-0.1, -0.05) is 0 Å². The summed E-state index contributed by atoms with van der Waals surface area (Å²) in [7, 11) is 0. The van der Waals surface area contributed by atoms with Crippen molar-refractivity contribution in [3.8, 4) is 0 Å². The minimum absolute atomic E-state index is 0.0801. The smallest absolute Gasteiger partial charge is 0.112 e. The quantitative estimate of drug-likeness (QED) is 0.899. The van der Waals surface area contributed by atoms with Gasteiger partial charge in [-0.3, -0.25) is 9.97 Å². The molecule has 0 aliphatic carbocycles. The summed E-state index contributed by atoms with van der Waals surface area (Å²) >= 11 is 3.40. The van der Waals surface area contributed by atoms with E-state index in [9.17, 15) is 5.11 Å². The molecule has 0 radical (unpaired) electrons. The van der Waals surface area contributed by atoms with Gasteiger partial charge in [-0.2, -0.15) is 0 Å². The van der Waals surface area contributed by atoms with Crippen molar-refractivity contribution in [3.63, 3.8) is 0 Å². The highest BCUT2D eigenvalue weighted by atomic mass is 79.9. The molecule has 20 heavy (non-hydrogen) atoms. The van der Waals surface area contributed by atoms with E-state index in [4.69, 9.17) is 4.74 Å². The number of aliphatic hydroxyl groups is 1. The second-order valence-electron chi connectivity index (χ2n) is 5.06. The van der Waals surface area contributed by atoms with Crippen LogP contribution in [0.5, 0.6) is 0 Å². The SMILES string of the molecule is OCC1(Nc2ccnc3cc(Br)cnc23)CCOCC1. The molecule has 1 saturated heterocycles. The number of hydrogen-bond donors (Lipinski definition) is 2. The fourth-order valence-corrected chi connectivity index (χ4v) is 2.80. The lowest BCUT2D eigenvalue weighted by Gasteiger charge is -2.37. The van der Waals surface area contributed by atoms with Crippen molar-refractivity contribution in [1.29, 1.82) is 0 Å². The van der Waals surface area contributed by atoms with Crippen LogP contribution in [0.3, 0.4) is 0 Å². The third-order valence-electron chi connectivity index (χ3n) is 3.70. The standard InChI is InChI=1S/C14H16BrN3O2/c15-10-7-12-13(17-8-10)11(1-4-16-12)18-14(9-19)2-5-20-6-3-14/h1,4,7-8,19H,2-3,5-6,9H2,(H,16,18). The third kappa shape index (κ3) is 2.63. The lowest BCUT2D eigenvalue weighted by Crippen LogP contribution is -2.47. The van der Waals surface area contributed by atoms with E-state index in [2.05, 4.69) is 31.2 Å². The predicted octanol–water partition coefficient (Wildman–Crippen LogP) is 2.35. The lowest BCUT2D eigenvalue weighted by molar-refractivity contribution is 0.0380. The largest absolute Gasteiger partial charge is 0.394 e. The third-order valence-corrected chi connectivity index (χ3v) is 4.13. The fourth-order valence-electron chi connectivity index (χ4n) is 2.48. The maximum absolute atomic E-state index is 9.76. The molecule has 2 aromatic heterocycles. The lowest BCUT2D eigenvalue weighted by atomic mass is 9.90. The maximum Gasteiger partial charge on any atom is 0.112 e. The number of ether oxygens (including phenoxy) is 1. The Labute approximate surface area is 125 Å². The maximum atomic E-state index is 9.76. The summed E-state index contributed by atoms with van der Waals surface area (Å²) in [6.07, 6.45) is 5.07. The average molecular weight is 338 g/mol. The molecule has 0 bridgehead atoms. The number of nitrogens with zero attached hydrogens (tertiary/aromatic N) is 2. The number of rotatable bonds is 3. The van der Waals surface area contributed by atoms with Gasteiger partial charge in [0.05, 0.1) is 23.3 Å². The molecule has 6 heteroatoms. The Balaban J connectivity index is 1.97. The van der Waals surface area contributed by atoms with E-state index in [1.165, 1.54) is 0 Å². The zero-order chi connectivity index (χ0) is 14.0. The van der Waals surface area contributed by atoms with Gasteiger partial charge in [0, 0.05) is 30.1 Å². The van der Waals surface area contributed by atoms with E-state index in [-0.39, 0.29) is 12.1 Å². The molecule has 5 nitrogen and oxygen atoms in total. The van der Waals surface area contributed by atoms with Gasteiger partial charge in [-0.05, 0) is 40.9 Å². The topological polar surface area (TPSA) is 67.3 Å². The number of aliphatic hydroxyl groups excluding tert-OH is 1. The minimum atomic E-state index is -0.332. The summed E-state index contributed by atoms with van der Waals surface area (Å²) in [6.45, 7) is 1.40. The second-order valence-corrected chi connectivity index (χ2v) is 5.97. The van der Waals surface area contributed by atoms with Gasteiger partial charge < -0.3 is 15.2 Å². The van der Waals surface area contributed by atoms with Crippen LogP contribution in [0.2, 0.25) is 0 Å². The van der Waals surface area contributed by atoms with Crippen LogP contribution in [-0.2, 0) is 4.74 Å². The summed E-state index contributed by atoms with van der Waals surface area (Å²) in [4.78, 5) is 8.75. The molecule has 0 saturated carbocycles. The Kier molecular flexibility index (Phi) is 3.87. The molecule has 0 spiro atoms. The van der Waals surface area contributed by atoms with Crippen molar-refractivity contribution in [3.05, 3.63) is 29.0 Å². The Morgan fingerprint density at radius 2 is 2.15 bits per heavy atom. The molecule has 1 aliphatic rings. The summed E-state index contributed by atoms with van der Waals surface area (Å²) in [6, 6.07) is 3.83. The highest BCUT2D eigenvalue weighted by Gasteiger charge is 2.32. The number of pyridine rings is 2. The van der Waals surface area contributed by atoms with Crippen LogP contribution in [-0.4, -0.2) is 40.4 Å². The Morgan fingerprint density at radius 1 is 1.35 bits per heavy atom. The van der Waals surface area contributed by atoms with E-state index in [1.54, 1.807) is 12.4 Å². The van der Waals surface area contributed by atoms with Gasteiger partial charge in [-0.15, -0.1) is 0 Å². The van der Waals surface area contributed by atoms with Crippen LogP contribution >= 0.6 is 15.9 Å². The first-order valence-corrected chi connectivity index (χ1v) is 7.39. The highest BCUT2D eigenvalue weighted by molar-refractivity contribution is 9.10. The number of fused-ring (bicyclic) bond motifs is 1. The van der Waals surface area contributed by atoms with Crippen LogP contribution < -0.4 is 5.32 Å². The first-order valence-electron chi connectivity index (χ1n) is 6.59. The number of halogens is 1. The molecule has 106 valence electrons. The predicted molar refractivity (Wildman–Crippen MR) is 80.7 cm³/mol. The van der Waals surface area contributed by atoms with Crippen LogP contribution in [0.1, 0.15) is 12.8 Å². The second kappa shape index (κ2) is 5.63. The number of hydrogen-bond acceptors (Lipinski definition) is 5. The van der Waals surface area contributed by atoms with Crippen molar-refractivity contribution in [2.45, 2.75) is 18.4 Å². The van der Waals surface area contributed by atoms with Gasteiger partial charge in [-0.25, -0.2) is 0 Å². The summed E-state index contributed by atoms with van der Waals surface area (Å²) in [5.41, 5.74) is 2.21. The van der Waals surface area contributed by atoms with Crippen LogP contribution in [0, 0.1) is 0 Å². The summed E-state index contributed by atoms with van der Waals surface area (Å²) < 4.78 is 6.28. The molecule has 0 aromatic carbocycles. The number of nitrogens with one attached hydrogen (secondary N) is 1. The van der Waals surface area contributed by atoms with Crippen molar-refractivity contribution >= 4 is 32.7 Å². The van der Waals surface area contributed by atoms with Crippen LogP contribution in [0.25, 0.3) is 11.0 Å². The molecular weight excluding hydrogens is 322 g/mol. The van der Waals surface area contributed by atoms with E-state index in [0.717, 1.165) is 34.0 Å². The monoisotopic (exact) mass is 337 g/mol.